The van der Waals surface area contributed by atoms with Crippen molar-refractivity contribution in [3.63, 3.8) is 0 Å². The first-order valence-corrected chi connectivity index (χ1v) is 8.27. The zero-order valence-corrected chi connectivity index (χ0v) is 14.6. The Balaban J connectivity index is 1.88. The lowest BCUT2D eigenvalue weighted by Gasteiger charge is -2.35. The summed E-state index contributed by atoms with van der Waals surface area (Å²) in [6.45, 7) is 0.513. The van der Waals surface area contributed by atoms with Crippen molar-refractivity contribution in [2.24, 2.45) is 0 Å². The summed E-state index contributed by atoms with van der Waals surface area (Å²) in [6, 6.07) is 7.21. The molecule has 0 saturated carbocycles. The molecule has 2 amide bonds. The van der Waals surface area contributed by atoms with E-state index in [2.05, 4.69) is 10.5 Å². The van der Waals surface area contributed by atoms with Gasteiger partial charge >= 0.3 is 0 Å². The molecule has 1 fully saturated rings. The van der Waals surface area contributed by atoms with E-state index in [9.17, 15) is 14.0 Å². The Labute approximate surface area is 150 Å². The average Bonchev–Trinajstić information content (AvgIpc) is 3.29. The fraction of sp³-hybridized carbons (Fsp3) is 0.389. The number of hydrogen-bond donors (Lipinski definition) is 1. The number of carbonyl (C=O) groups is 2. The molecule has 138 valence electrons. The van der Waals surface area contributed by atoms with Gasteiger partial charge in [0.05, 0.1) is 6.61 Å². The Bertz CT molecular complexity index is 805. The number of rotatable bonds is 5. The van der Waals surface area contributed by atoms with Crippen LogP contribution in [0.2, 0.25) is 0 Å². The summed E-state index contributed by atoms with van der Waals surface area (Å²) < 4.78 is 23.5. The van der Waals surface area contributed by atoms with Crippen molar-refractivity contribution in [2.45, 2.75) is 18.4 Å². The van der Waals surface area contributed by atoms with Crippen molar-refractivity contribution in [1.29, 1.82) is 0 Å². The quantitative estimate of drug-likeness (QED) is 0.879. The summed E-state index contributed by atoms with van der Waals surface area (Å²) in [5.41, 5.74) is -0.0152. The Kier molecular flexibility index (Phi) is 5.03. The number of benzene rings is 1. The molecule has 0 bridgehead atoms. The maximum atomic E-state index is 13.1. The molecule has 1 aromatic carbocycles. The number of halogens is 1. The van der Waals surface area contributed by atoms with Gasteiger partial charge in [-0.05, 0) is 37.1 Å². The molecule has 0 radical (unpaired) electrons. The van der Waals surface area contributed by atoms with E-state index in [4.69, 9.17) is 9.26 Å². The van der Waals surface area contributed by atoms with Gasteiger partial charge < -0.3 is 19.5 Å². The third-order valence-corrected chi connectivity index (χ3v) is 4.63. The van der Waals surface area contributed by atoms with Crippen LogP contribution in [-0.4, -0.2) is 54.7 Å². The molecule has 1 N–H and O–H groups in total. The van der Waals surface area contributed by atoms with Crippen LogP contribution in [0.4, 0.5) is 4.39 Å². The summed E-state index contributed by atoms with van der Waals surface area (Å²) in [5, 5.41) is 6.50. The van der Waals surface area contributed by atoms with Crippen molar-refractivity contribution in [1.82, 2.24) is 15.4 Å². The molecule has 7 nitrogen and oxygen atoms in total. The largest absolute Gasteiger partial charge is 0.382 e. The van der Waals surface area contributed by atoms with Gasteiger partial charge in [0.15, 0.2) is 0 Å². The fourth-order valence-electron chi connectivity index (χ4n) is 3.36. The second-order valence-electron chi connectivity index (χ2n) is 6.19. The molecule has 8 heteroatoms. The number of hydrogen-bond acceptors (Lipinski definition) is 5. The summed E-state index contributed by atoms with van der Waals surface area (Å²) in [7, 11) is 3.02. The third-order valence-electron chi connectivity index (χ3n) is 4.63. The number of carbonyl (C=O) groups excluding carboxylic acids is 2. The molecule has 1 unspecified atom stereocenters. The highest BCUT2D eigenvalue weighted by atomic mass is 19.1. The second kappa shape index (κ2) is 7.25. The van der Waals surface area contributed by atoms with Crippen LogP contribution in [0.25, 0.3) is 11.3 Å². The van der Waals surface area contributed by atoms with E-state index in [-0.39, 0.29) is 24.1 Å². The maximum Gasteiger partial charge on any atom is 0.293 e. The van der Waals surface area contributed by atoms with E-state index in [0.717, 1.165) is 0 Å². The van der Waals surface area contributed by atoms with Crippen LogP contribution < -0.4 is 5.32 Å². The highest BCUT2D eigenvalue weighted by molar-refractivity contribution is 5.98. The van der Waals surface area contributed by atoms with Gasteiger partial charge in [-0.1, -0.05) is 5.16 Å². The summed E-state index contributed by atoms with van der Waals surface area (Å²) in [6.07, 6.45) is 1.19. The highest BCUT2D eigenvalue weighted by Crippen LogP contribution is 2.32. The molecule has 2 heterocycles. The van der Waals surface area contributed by atoms with Gasteiger partial charge in [-0.25, -0.2) is 4.39 Å². The molecule has 0 spiro atoms. The first-order chi connectivity index (χ1) is 12.5. The minimum atomic E-state index is -1.07. The van der Waals surface area contributed by atoms with E-state index in [1.165, 1.54) is 37.3 Å². The Morgan fingerprint density at radius 1 is 1.38 bits per heavy atom. The van der Waals surface area contributed by atoms with Crippen LogP contribution in [0, 0.1) is 5.82 Å². The van der Waals surface area contributed by atoms with Crippen LogP contribution in [0.15, 0.2) is 34.9 Å². The number of methoxy groups -OCH3 is 1. The van der Waals surface area contributed by atoms with E-state index in [0.29, 0.717) is 30.6 Å². The van der Waals surface area contributed by atoms with Crippen molar-refractivity contribution in [3.05, 3.63) is 41.9 Å². The lowest BCUT2D eigenvalue weighted by molar-refractivity contribution is -0.133. The van der Waals surface area contributed by atoms with Gasteiger partial charge in [-0.15, -0.1) is 0 Å². The first kappa shape index (κ1) is 18.1. The van der Waals surface area contributed by atoms with Crippen LogP contribution >= 0.6 is 0 Å². The van der Waals surface area contributed by atoms with E-state index in [1.54, 1.807) is 12.1 Å². The van der Waals surface area contributed by atoms with Crippen molar-refractivity contribution < 1.29 is 23.2 Å². The molecule has 26 heavy (non-hydrogen) atoms. The molecular formula is C18H20FN3O4. The van der Waals surface area contributed by atoms with Gasteiger partial charge in [-0.3, -0.25) is 9.59 Å². The maximum absolute atomic E-state index is 13.1. The number of likely N-dealkylation sites (tertiary alicyclic amines) is 1. The predicted molar refractivity (Wildman–Crippen MR) is 90.8 cm³/mol. The van der Waals surface area contributed by atoms with Gasteiger partial charge in [0, 0.05) is 32.3 Å². The van der Waals surface area contributed by atoms with Crippen molar-refractivity contribution in [2.75, 3.05) is 27.3 Å². The van der Waals surface area contributed by atoms with Crippen LogP contribution in [-0.2, 0) is 9.53 Å². The number of aromatic nitrogens is 1. The molecular weight excluding hydrogens is 341 g/mol. The smallest absolute Gasteiger partial charge is 0.293 e. The molecule has 1 atom stereocenters. The zero-order chi connectivity index (χ0) is 18.7. The van der Waals surface area contributed by atoms with Crippen LogP contribution in [0.5, 0.6) is 0 Å². The Hall–Kier alpha value is -2.74. The van der Waals surface area contributed by atoms with E-state index < -0.39 is 11.4 Å². The number of nitrogens with one attached hydrogen (secondary N) is 1. The third kappa shape index (κ3) is 3.08. The number of amides is 2. The topological polar surface area (TPSA) is 84.7 Å². The van der Waals surface area contributed by atoms with Gasteiger partial charge in [0.25, 0.3) is 5.91 Å². The van der Waals surface area contributed by atoms with Crippen LogP contribution in [0.3, 0.4) is 0 Å². The summed E-state index contributed by atoms with van der Waals surface area (Å²) in [4.78, 5) is 26.9. The predicted octanol–water partition coefficient (Wildman–Crippen LogP) is 1.85. The molecule has 1 aromatic heterocycles. The van der Waals surface area contributed by atoms with Gasteiger partial charge in [0.1, 0.15) is 17.1 Å². The molecule has 1 aliphatic rings. The van der Waals surface area contributed by atoms with E-state index in [1.807, 2.05) is 0 Å². The van der Waals surface area contributed by atoms with Crippen molar-refractivity contribution >= 4 is 11.8 Å². The Morgan fingerprint density at radius 2 is 2.12 bits per heavy atom. The minimum absolute atomic E-state index is 0.0237. The number of nitrogens with zero attached hydrogens (tertiary/aromatic N) is 2. The molecule has 2 aromatic rings. The summed E-state index contributed by atoms with van der Waals surface area (Å²) >= 11 is 0. The van der Waals surface area contributed by atoms with E-state index >= 15 is 0 Å². The molecule has 3 rings (SSSR count). The van der Waals surface area contributed by atoms with Gasteiger partial charge in [-0.2, -0.15) is 0 Å². The second-order valence-corrected chi connectivity index (χ2v) is 6.19. The first-order valence-electron chi connectivity index (χ1n) is 8.27. The lowest BCUT2D eigenvalue weighted by Crippen LogP contribution is -2.59. The molecule has 1 saturated heterocycles. The highest BCUT2D eigenvalue weighted by Gasteiger charge is 2.50. The normalized spacial score (nSPS) is 19.6. The average molecular weight is 361 g/mol. The zero-order valence-electron chi connectivity index (χ0n) is 14.6. The SMILES string of the molecule is CNC(=O)C1(COC)CCCN1C(=O)c1cc(-c2ccc(F)cc2)no1. The van der Waals surface area contributed by atoms with Crippen molar-refractivity contribution in [3.8, 4) is 11.3 Å². The summed E-state index contributed by atoms with van der Waals surface area (Å²) in [5.74, 6) is -1.04. The minimum Gasteiger partial charge on any atom is -0.382 e. The van der Waals surface area contributed by atoms with Crippen LogP contribution in [0.1, 0.15) is 23.4 Å². The standard InChI is InChI=1S/C18H20FN3O4/c1-20-17(24)18(11-25-2)8-3-9-22(18)16(23)15-10-14(21-26-15)12-4-6-13(19)7-5-12/h4-7,10H,3,8-9,11H2,1-2H3,(H,20,24). The number of ether oxygens (including phenoxy) is 1. The molecule has 0 aliphatic carbocycles. The fourth-order valence-corrected chi connectivity index (χ4v) is 3.36. The number of likely N-dealkylation sites (N-methyl/N-ethyl adjacent to an activating group) is 1. The molecule has 1 aliphatic heterocycles. The monoisotopic (exact) mass is 361 g/mol. The Morgan fingerprint density at radius 3 is 2.77 bits per heavy atom. The lowest BCUT2D eigenvalue weighted by atomic mass is 9.95. The van der Waals surface area contributed by atoms with Gasteiger partial charge in [0.2, 0.25) is 11.7 Å².